The van der Waals surface area contributed by atoms with Gasteiger partial charge in [0, 0.05) is 11.1 Å². The maximum atomic E-state index is 12.0. The van der Waals surface area contributed by atoms with Crippen molar-refractivity contribution in [3.05, 3.63) is 40.9 Å². The molecule has 2 rings (SSSR count). The number of benzene rings is 1. The third-order valence-electron chi connectivity index (χ3n) is 3.61. The number of amides is 2. The topological polar surface area (TPSA) is 97.4 Å². The van der Waals surface area contributed by atoms with Crippen molar-refractivity contribution in [2.75, 3.05) is 24.2 Å². The van der Waals surface area contributed by atoms with Crippen molar-refractivity contribution in [2.45, 2.75) is 31.0 Å². The van der Waals surface area contributed by atoms with Gasteiger partial charge >= 0.3 is 5.97 Å². The number of hydrogen-bond donors (Lipinski definition) is 2. The summed E-state index contributed by atoms with van der Waals surface area (Å²) >= 11 is 2.63. The molecule has 0 aliphatic heterocycles. The van der Waals surface area contributed by atoms with Crippen molar-refractivity contribution in [1.82, 2.24) is 10.3 Å². The Balaban J connectivity index is 1.72. The van der Waals surface area contributed by atoms with Crippen LogP contribution >= 0.6 is 23.1 Å². The standard InChI is InChI=1S/C19H23N3O4S2/c1-3-13-7-5-6-8-15(13)22-16(23)10-20-17(24)12-28-19-21-14(11-27-19)9-18(25)26-4-2/h5-8,11H,3-4,9-10,12H2,1-2H3,(H,20,24)(H,22,23). The number of para-hydroxylation sites is 1. The minimum absolute atomic E-state index is 0.0938. The lowest BCUT2D eigenvalue weighted by Crippen LogP contribution is -2.34. The van der Waals surface area contributed by atoms with Crippen LogP contribution < -0.4 is 10.6 Å². The van der Waals surface area contributed by atoms with Crippen molar-refractivity contribution in [2.24, 2.45) is 0 Å². The molecule has 0 unspecified atom stereocenters. The van der Waals surface area contributed by atoms with Gasteiger partial charge in [0.1, 0.15) is 0 Å². The zero-order valence-corrected chi connectivity index (χ0v) is 17.5. The zero-order valence-electron chi connectivity index (χ0n) is 15.8. The average Bonchev–Trinajstić information content (AvgIpc) is 3.12. The molecule has 2 amide bonds. The van der Waals surface area contributed by atoms with Gasteiger partial charge in [0.05, 0.1) is 31.0 Å². The summed E-state index contributed by atoms with van der Waals surface area (Å²) in [6, 6.07) is 7.57. The van der Waals surface area contributed by atoms with Gasteiger partial charge in [-0.25, -0.2) is 4.98 Å². The Morgan fingerprint density at radius 3 is 2.71 bits per heavy atom. The Morgan fingerprint density at radius 1 is 1.18 bits per heavy atom. The Bertz CT molecular complexity index is 823. The largest absolute Gasteiger partial charge is 0.466 e. The molecule has 0 atom stereocenters. The van der Waals surface area contributed by atoms with Gasteiger partial charge in [0.15, 0.2) is 4.34 Å². The third-order valence-corrected chi connectivity index (χ3v) is 5.68. The lowest BCUT2D eigenvalue weighted by molar-refractivity contribution is -0.142. The van der Waals surface area contributed by atoms with E-state index in [2.05, 4.69) is 15.6 Å². The maximum Gasteiger partial charge on any atom is 0.311 e. The van der Waals surface area contributed by atoms with E-state index in [-0.39, 0.29) is 36.5 Å². The Labute approximate surface area is 172 Å². The first-order chi connectivity index (χ1) is 13.5. The molecule has 0 fully saturated rings. The molecule has 0 aliphatic carbocycles. The number of hydrogen-bond acceptors (Lipinski definition) is 7. The normalized spacial score (nSPS) is 10.4. The molecule has 0 saturated heterocycles. The number of nitrogens with zero attached hydrogens (tertiary/aromatic N) is 1. The van der Waals surface area contributed by atoms with Crippen LogP contribution in [0.4, 0.5) is 5.69 Å². The summed E-state index contributed by atoms with van der Waals surface area (Å²) in [5, 5.41) is 7.18. The van der Waals surface area contributed by atoms with E-state index in [1.807, 2.05) is 31.2 Å². The van der Waals surface area contributed by atoms with E-state index in [1.165, 1.54) is 23.1 Å². The first kappa shape index (κ1) is 21.9. The second kappa shape index (κ2) is 11.5. The molecule has 1 heterocycles. The highest BCUT2D eigenvalue weighted by Crippen LogP contribution is 2.22. The summed E-state index contributed by atoms with van der Waals surface area (Å²) in [6.07, 6.45) is 0.932. The summed E-state index contributed by atoms with van der Waals surface area (Å²) in [7, 11) is 0. The van der Waals surface area contributed by atoms with Crippen molar-refractivity contribution < 1.29 is 19.1 Å². The lowest BCUT2D eigenvalue weighted by Gasteiger charge is -2.10. The summed E-state index contributed by atoms with van der Waals surface area (Å²) < 4.78 is 5.57. The first-order valence-electron chi connectivity index (χ1n) is 8.89. The summed E-state index contributed by atoms with van der Waals surface area (Å²) in [5.74, 6) is -0.709. The molecule has 0 saturated carbocycles. The van der Waals surface area contributed by atoms with Crippen molar-refractivity contribution in [1.29, 1.82) is 0 Å². The molecule has 1 aromatic heterocycles. The fourth-order valence-corrected chi connectivity index (χ4v) is 3.97. The van der Waals surface area contributed by atoms with Gasteiger partial charge in [-0.15, -0.1) is 11.3 Å². The highest BCUT2D eigenvalue weighted by Gasteiger charge is 2.11. The van der Waals surface area contributed by atoms with Crippen LogP contribution in [0.1, 0.15) is 25.1 Å². The van der Waals surface area contributed by atoms with Gasteiger partial charge in [0.2, 0.25) is 11.8 Å². The van der Waals surface area contributed by atoms with Crippen LogP contribution in [0.5, 0.6) is 0 Å². The number of carbonyl (C=O) groups excluding carboxylic acids is 3. The molecule has 2 aromatic rings. The molecule has 0 radical (unpaired) electrons. The molecule has 150 valence electrons. The second-order valence-corrected chi connectivity index (χ2v) is 7.79. The number of aryl methyl sites for hydroxylation is 1. The molecular formula is C19H23N3O4S2. The van der Waals surface area contributed by atoms with Gasteiger partial charge in [-0.05, 0) is 25.0 Å². The van der Waals surface area contributed by atoms with Crippen molar-refractivity contribution in [3.8, 4) is 0 Å². The van der Waals surface area contributed by atoms with E-state index in [0.29, 0.717) is 16.6 Å². The van der Waals surface area contributed by atoms with Gasteiger partial charge in [0.25, 0.3) is 0 Å². The Kier molecular flexibility index (Phi) is 8.96. The lowest BCUT2D eigenvalue weighted by atomic mass is 10.1. The number of carbonyl (C=O) groups is 3. The number of ether oxygens (including phenoxy) is 1. The predicted molar refractivity (Wildman–Crippen MR) is 111 cm³/mol. The summed E-state index contributed by atoms with van der Waals surface area (Å²) in [5.41, 5.74) is 2.43. The Morgan fingerprint density at radius 2 is 1.96 bits per heavy atom. The smallest absolute Gasteiger partial charge is 0.311 e. The van der Waals surface area contributed by atoms with E-state index in [0.717, 1.165) is 17.7 Å². The van der Waals surface area contributed by atoms with Crippen LogP contribution in [0.15, 0.2) is 34.0 Å². The minimum atomic E-state index is -0.322. The number of anilines is 1. The number of rotatable bonds is 10. The van der Waals surface area contributed by atoms with E-state index in [4.69, 9.17) is 4.74 Å². The quantitative estimate of drug-likeness (QED) is 0.452. The molecule has 0 bridgehead atoms. The van der Waals surface area contributed by atoms with Crippen LogP contribution in [0.3, 0.4) is 0 Å². The number of thiazole rings is 1. The van der Waals surface area contributed by atoms with Crippen LogP contribution in [0.25, 0.3) is 0 Å². The van der Waals surface area contributed by atoms with Crippen LogP contribution in [0, 0.1) is 0 Å². The van der Waals surface area contributed by atoms with E-state index in [9.17, 15) is 14.4 Å². The third kappa shape index (κ3) is 7.32. The van der Waals surface area contributed by atoms with E-state index >= 15 is 0 Å². The van der Waals surface area contributed by atoms with Crippen molar-refractivity contribution >= 4 is 46.6 Å². The Hall–Kier alpha value is -2.39. The van der Waals surface area contributed by atoms with Crippen LogP contribution in [0.2, 0.25) is 0 Å². The van der Waals surface area contributed by atoms with Crippen LogP contribution in [-0.4, -0.2) is 41.7 Å². The van der Waals surface area contributed by atoms with E-state index < -0.39 is 0 Å². The molecule has 7 nitrogen and oxygen atoms in total. The number of aromatic nitrogens is 1. The molecule has 0 spiro atoms. The number of thioether (sulfide) groups is 1. The van der Waals surface area contributed by atoms with Crippen LogP contribution in [-0.2, 0) is 32.0 Å². The predicted octanol–water partition coefficient (Wildman–Crippen LogP) is 2.66. The average molecular weight is 422 g/mol. The minimum Gasteiger partial charge on any atom is -0.466 e. The van der Waals surface area contributed by atoms with E-state index in [1.54, 1.807) is 12.3 Å². The highest BCUT2D eigenvalue weighted by atomic mass is 32.2. The SMILES string of the molecule is CCOC(=O)Cc1csc(SCC(=O)NCC(=O)Nc2ccccc2CC)n1. The van der Waals surface area contributed by atoms with Gasteiger partial charge in [-0.2, -0.15) is 0 Å². The summed E-state index contributed by atoms with van der Waals surface area (Å²) in [4.78, 5) is 39.7. The molecule has 2 N–H and O–H groups in total. The molecule has 1 aromatic carbocycles. The zero-order chi connectivity index (χ0) is 20.4. The van der Waals surface area contributed by atoms with Crippen molar-refractivity contribution in [3.63, 3.8) is 0 Å². The second-order valence-electron chi connectivity index (χ2n) is 5.71. The fraction of sp³-hybridized carbons (Fsp3) is 0.368. The maximum absolute atomic E-state index is 12.0. The van der Waals surface area contributed by atoms with Gasteiger partial charge in [-0.1, -0.05) is 36.9 Å². The number of nitrogens with one attached hydrogen (secondary N) is 2. The fourth-order valence-electron chi connectivity index (χ4n) is 2.30. The molecule has 28 heavy (non-hydrogen) atoms. The number of esters is 1. The monoisotopic (exact) mass is 421 g/mol. The molecule has 0 aliphatic rings. The van der Waals surface area contributed by atoms with Gasteiger partial charge < -0.3 is 15.4 Å². The molecule has 9 heteroatoms. The molecular weight excluding hydrogens is 398 g/mol. The van der Waals surface area contributed by atoms with Gasteiger partial charge in [-0.3, -0.25) is 14.4 Å². The first-order valence-corrected chi connectivity index (χ1v) is 10.8. The summed E-state index contributed by atoms with van der Waals surface area (Å²) in [6.45, 7) is 4.01. The highest BCUT2D eigenvalue weighted by molar-refractivity contribution is 8.01.